The summed E-state index contributed by atoms with van der Waals surface area (Å²) in [4.78, 5) is 8.72. The van der Waals surface area contributed by atoms with Crippen molar-refractivity contribution in [3.05, 3.63) is 120 Å². The molecule has 4 aromatic heterocycles. The molecule has 0 unspecified atom stereocenters. The van der Waals surface area contributed by atoms with E-state index in [2.05, 4.69) is 131 Å². The summed E-state index contributed by atoms with van der Waals surface area (Å²) in [5, 5.41) is 29.2. The molecule has 0 fully saturated rings. The molecule has 0 atom stereocenters. The van der Waals surface area contributed by atoms with Crippen molar-refractivity contribution >= 4 is 34.8 Å². The lowest BCUT2D eigenvalue weighted by Crippen LogP contribution is -2.08. The lowest BCUT2D eigenvalue weighted by atomic mass is 10.0. The highest BCUT2D eigenvalue weighted by Crippen LogP contribution is 2.21. The standard InChI is InChI=1S/C19H18N6.C16H20N6/c1-20-19-24-23-18-17(21-11-12-25(18)19)22-13-14-7-9-16(10-8-14)15-5-3-2-4-6-15;1-3-12-4-6-13(7-5-12)8-9-18-14-15-20-21-16(17-2)22(15)11-10-19-14/h2-12H,13H2,1H3,(H,20,24)(H,21,22);4-7,10-11H,3,8-9H2,1-2H3,(H,17,21)(H,18,19). The summed E-state index contributed by atoms with van der Waals surface area (Å²) in [5.41, 5.74) is 7.72. The quantitative estimate of drug-likeness (QED) is 0.139. The highest BCUT2D eigenvalue weighted by Gasteiger charge is 2.10. The van der Waals surface area contributed by atoms with Crippen LogP contribution in [-0.4, -0.2) is 59.8 Å². The second kappa shape index (κ2) is 14.8. The molecule has 7 aromatic rings. The van der Waals surface area contributed by atoms with Crippen molar-refractivity contribution in [1.29, 1.82) is 0 Å². The van der Waals surface area contributed by atoms with Crippen LogP contribution in [0, 0.1) is 0 Å². The van der Waals surface area contributed by atoms with E-state index in [1.54, 1.807) is 12.4 Å². The largest absolute Gasteiger partial charge is 0.367 e. The number of nitrogens with one attached hydrogen (secondary N) is 4. The molecule has 0 spiro atoms. The molecule has 0 aliphatic heterocycles. The van der Waals surface area contributed by atoms with Crippen LogP contribution in [0.15, 0.2) is 104 Å². The van der Waals surface area contributed by atoms with Crippen molar-refractivity contribution in [2.75, 3.05) is 41.9 Å². The molecule has 0 aliphatic rings. The number of hydrogen-bond donors (Lipinski definition) is 4. The number of nitrogens with zero attached hydrogens (tertiary/aromatic N) is 8. The van der Waals surface area contributed by atoms with Gasteiger partial charge in [-0.3, -0.25) is 8.80 Å². The number of hydrogen-bond acceptors (Lipinski definition) is 10. The van der Waals surface area contributed by atoms with Gasteiger partial charge in [0.1, 0.15) is 0 Å². The lowest BCUT2D eigenvalue weighted by Gasteiger charge is -2.08. The highest BCUT2D eigenvalue weighted by atomic mass is 15.3. The Bertz CT molecular complexity index is 2020. The Morgan fingerprint density at radius 3 is 1.68 bits per heavy atom. The average Bonchev–Trinajstić information content (AvgIpc) is 3.77. The minimum absolute atomic E-state index is 0.670. The van der Waals surface area contributed by atoms with Crippen LogP contribution in [0.1, 0.15) is 23.6 Å². The summed E-state index contributed by atoms with van der Waals surface area (Å²) in [7, 11) is 3.64. The van der Waals surface area contributed by atoms with Gasteiger partial charge in [-0.25, -0.2) is 9.97 Å². The normalized spacial score (nSPS) is 10.8. The number of aryl methyl sites for hydroxylation is 1. The Morgan fingerprint density at radius 1 is 0.574 bits per heavy atom. The van der Waals surface area contributed by atoms with Crippen molar-refractivity contribution in [2.45, 2.75) is 26.3 Å². The van der Waals surface area contributed by atoms with Crippen LogP contribution in [0.4, 0.5) is 23.5 Å². The summed E-state index contributed by atoms with van der Waals surface area (Å²) in [6.07, 6.45) is 9.18. The molecule has 0 radical (unpaired) electrons. The van der Waals surface area contributed by atoms with Gasteiger partial charge >= 0.3 is 0 Å². The van der Waals surface area contributed by atoms with Crippen LogP contribution in [0.3, 0.4) is 0 Å². The molecule has 0 saturated heterocycles. The first-order valence-corrected chi connectivity index (χ1v) is 15.6. The van der Waals surface area contributed by atoms with Gasteiger partial charge in [0, 0.05) is 52.0 Å². The minimum Gasteiger partial charge on any atom is -0.367 e. The van der Waals surface area contributed by atoms with Crippen molar-refractivity contribution in [1.82, 2.24) is 39.2 Å². The molecule has 7 rings (SSSR count). The van der Waals surface area contributed by atoms with E-state index < -0.39 is 0 Å². The van der Waals surface area contributed by atoms with Gasteiger partial charge in [0.15, 0.2) is 11.6 Å². The molecule has 4 N–H and O–H groups in total. The van der Waals surface area contributed by atoms with Gasteiger partial charge in [-0.2, -0.15) is 0 Å². The molecule has 0 bridgehead atoms. The number of fused-ring (bicyclic) bond motifs is 2. The van der Waals surface area contributed by atoms with Crippen molar-refractivity contribution in [2.24, 2.45) is 0 Å². The maximum Gasteiger partial charge on any atom is 0.228 e. The Hall–Kier alpha value is -6.04. The van der Waals surface area contributed by atoms with E-state index in [1.165, 1.54) is 27.8 Å². The predicted octanol–water partition coefficient (Wildman–Crippen LogP) is 5.83. The molecule has 4 heterocycles. The number of aromatic nitrogens is 8. The van der Waals surface area contributed by atoms with Gasteiger partial charge in [0.05, 0.1) is 0 Å². The van der Waals surface area contributed by atoms with E-state index >= 15 is 0 Å². The summed E-state index contributed by atoms with van der Waals surface area (Å²) < 4.78 is 3.75. The second-order valence-electron chi connectivity index (χ2n) is 10.7. The smallest absolute Gasteiger partial charge is 0.228 e. The average molecular weight is 627 g/mol. The van der Waals surface area contributed by atoms with Crippen LogP contribution in [0.2, 0.25) is 0 Å². The molecule has 0 saturated carbocycles. The van der Waals surface area contributed by atoms with E-state index in [4.69, 9.17) is 0 Å². The molecule has 47 heavy (non-hydrogen) atoms. The van der Waals surface area contributed by atoms with Crippen LogP contribution >= 0.6 is 0 Å². The second-order valence-corrected chi connectivity index (χ2v) is 10.7. The van der Waals surface area contributed by atoms with Gasteiger partial charge < -0.3 is 21.3 Å². The van der Waals surface area contributed by atoms with Crippen molar-refractivity contribution in [3.63, 3.8) is 0 Å². The maximum absolute atomic E-state index is 4.37. The third kappa shape index (κ3) is 7.28. The zero-order chi connectivity index (χ0) is 32.4. The topological polar surface area (TPSA) is 134 Å². The molecule has 3 aromatic carbocycles. The van der Waals surface area contributed by atoms with Gasteiger partial charge in [-0.15, -0.1) is 20.4 Å². The molecular formula is C35H38N12. The third-order valence-corrected chi connectivity index (χ3v) is 7.76. The Morgan fingerprint density at radius 2 is 1.11 bits per heavy atom. The fourth-order valence-corrected chi connectivity index (χ4v) is 5.14. The molecular weight excluding hydrogens is 588 g/mol. The summed E-state index contributed by atoms with van der Waals surface area (Å²) in [6, 6.07) is 27.6. The fourth-order valence-electron chi connectivity index (χ4n) is 5.14. The van der Waals surface area contributed by atoms with Gasteiger partial charge in [-0.1, -0.05) is 85.8 Å². The molecule has 12 heteroatoms. The van der Waals surface area contributed by atoms with E-state index in [0.717, 1.165) is 30.9 Å². The number of anilines is 4. The Kier molecular flexibility index (Phi) is 9.77. The van der Waals surface area contributed by atoms with E-state index in [0.29, 0.717) is 29.9 Å². The summed E-state index contributed by atoms with van der Waals surface area (Å²) in [5.74, 6) is 2.86. The van der Waals surface area contributed by atoms with Crippen molar-refractivity contribution < 1.29 is 0 Å². The first-order chi connectivity index (χ1) is 23.2. The molecule has 12 nitrogen and oxygen atoms in total. The van der Waals surface area contributed by atoms with E-state index in [9.17, 15) is 0 Å². The molecule has 0 aliphatic carbocycles. The van der Waals surface area contributed by atoms with Crippen LogP contribution in [0.5, 0.6) is 0 Å². The van der Waals surface area contributed by atoms with Crippen LogP contribution < -0.4 is 21.3 Å². The predicted molar refractivity (Wildman–Crippen MR) is 188 cm³/mol. The first-order valence-electron chi connectivity index (χ1n) is 15.6. The Labute approximate surface area is 273 Å². The molecule has 238 valence electrons. The fraction of sp³-hybridized carbons (Fsp3) is 0.200. The summed E-state index contributed by atoms with van der Waals surface area (Å²) >= 11 is 0. The van der Waals surface area contributed by atoms with Gasteiger partial charge in [-0.05, 0) is 40.7 Å². The summed E-state index contributed by atoms with van der Waals surface area (Å²) in [6.45, 7) is 3.64. The lowest BCUT2D eigenvalue weighted by molar-refractivity contribution is 0.994. The first kappa shape index (κ1) is 31.0. The highest BCUT2D eigenvalue weighted by molar-refractivity contribution is 5.66. The Balaban J connectivity index is 0.000000166. The zero-order valence-electron chi connectivity index (χ0n) is 26.7. The monoisotopic (exact) mass is 626 g/mol. The SMILES string of the molecule is CCc1ccc(CCNc2nccn3c(NC)nnc23)cc1.CNc1nnc2c(NCc3ccc(-c4ccccc4)cc3)nccn12. The van der Waals surface area contributed by atoms with Gasteiger partial charge in [0.25, 0.3) is 0 Å². The van der Waals surface area contributed by atoms with Gasteiger partial charge in [0.2, 0.25) is 23.2 Å². The number of rotatable bonds is 11. The van der Waals surface area contributed by atoms with Crippen LogP contribution in [0.25, 0.3) is 22.4 Å². The minimum atomic E-state index is 0.670. The van der Waals surface area contributed by atoms with E-state index in [-0.39, 0.29) is 0 Å². The third-order valence-electron chi connectivity index (χ3n) is 7.76. The zero-order valence-corrected chi connectivity index (χ0v) is 26.7. The number of benzene rings is 3. The van der Waals surface area contributed by atoms with E-state index in [1.807, 2.05) is 41.4 Å². The van der Waals surface area contributed by atoms with Crippen LogP contribution in [-0.2, 0) is 19.4 Å². The maximum atomic E-state index is 4.37. The van der Waals surface area contributed by atoms with Crippen molar-refractivity contribution in [3.8, 4) is 11.1 Å². The molecule has 0 amide bonds.